The van der Waals surface area contributed by atoms with Gasteiger partial charge in [0.2, 0.25) is 0 Å². The summed E-state index contributed by atoms with van der Waals surface area (Å²) in [5.41, 5.74) is 3.59. The zero-order chi connectivity index (χ0) is 13.5. The zero-order valence-corrected chi connectivity index (χ0v) is 11.2. The molecule has 0 atom stereocenters. The number of ether oxygens (including phenoxy) is 1. The molecule has 1 N–H and O–H groups in total. The highest BCUT2D eigenvalue weighted by Crippen LogP contribution is 2.16. The van der Waals surface area contributed by atoms with Gasteiger partial charge in [-0.05, 0) is 42.3 Å². The molecule has 2 aromatic carbocycles. The highest BCUT2D eigenvalue weighted by Gasteiger charge is 1.97. The molecule has 0 saturated heterocycles. The molecule has 0 aliphatic rings. The number of hydrogen-bond acceptors (Lipinski definition) is 2. The molecule has 2 aromatic rings. The van der Waals surface area contributed by atoms with Crippen LogP contribution in [0.25, 0.3) is 0 Å². The van der Waals surface area contributed by atoms with Crippen LogP contribution in [-0.4, -0.2) is 6.61 Å². The van der Waals surface area contributed by atoms with Gasteiger partial charge >= 0.3 is 0 Å². The van der Waals surface area contributed by atoms with Crippen molar-refractivity contribution in [2.45, 2.75) is 13.5 Å². The van der Waals surface area contributed by atoms with Crippen LogP contribution in [0.4, 0.5) is 5.69 Å². The highest BCUT2D eigenvalue weighted by atomic mass is 16.5. The molecule has 98 valence electrons. The molecule has 0 bridgehead atoms. The largest absolute Gasteiger partial charge is 0.490 e. The fraction of sp³-hybridized carbons (Fsp3) is 0.176. The van der Waals surface area contributed by atoms with Crippen LogP contribution in [0.3, 0.4) is 0 Å². The molecular formula is C17H19NO. The van der Waals surface area contributed by atoms with E-state index in [4.69, 9.17) is 4.74 Å². The average molecular weight is 253 g/mol. The fourth-order valence-corrected chi connectivity index (χ4v) is 1.86. The van der Waals surface area contributed by atoms with Crippen molar-refractivity contribution in [1.82, 2.24) is 0 Å². The third-order valence-electron chi connectivity index (χ3n) is 2.78. The molecule has 19 heavy (non-hydrogen) atoms. The Bertz CT molecular complexity index is 548. The quantitative estimate of drug-likeness (QED) is 0.780. The van der Waals surface area contributed by atoms with Gasteiger partial charge in [0.15, 0.2) is 0 Å². The normalized spacial score (nSPS) is 9.95. The summed E-state index contributed by atoms with van der Waals surface area (Å²) in [6, 6.07) is 16.5. The predicted molar refractivity (Wildman–Crippen MR) is 80.6 cm³/mol. The maximum atomic E-state index is 5.52. The second kappa shape index (κ2) is 6.64. The molecule has 0 unspecified atom stereocenters. The van der Waals surface area contributed by atoms with Gasteiger partial charge in [0, 0.05) is 12.2 Å². The minimum atomic E-state index is 0.536. The molecule has 0 aliphatic carbocycles. The van der Waals surface area contributed by atoms with Crippen LogP contribution < -0.4 is 10.1 Å². The van der Waals surface area contributed by atoms with Gasteiger partial charge in [0.05, 0.1) is 0 Å². The van der Waals surface area contributed by atoms with E-state index in [2.05, 4.69) is 49.2 Å². The SMILES string of the molecule is C=CCOc1cccc(CNc2cccc(C)c2)c1. The van der Waals surface area contributed by atoms with Crippen molar-refractivity contribution in [2.24, 2.45) is 0 Å². The molecule has 0 aromatic heterocycles. The average Bonchev–Trinajstić information content (AvgIpc) is 2.43. The minimum absolute atomic E-state index is 0.536. The molecular weight excluding hydrogens is 234 g/mol. The Labute approximate surface area is 114 Å². The molecule has 0 spiro atoms. The van der Waals surface area contributed by atoms with Gasteiger partial charge in [-0.2, -0.15) is 0 Å². The van der Waals surface area contributed by atoms with E-state index < -0.39 is 0 Å². The van der Waals surface area contributed by atoms with Gasteiger partial charge in [0.1, 0.15) is 12.4 Å². The molecule has 0 amide bonds. The number of benzene rings is 2. The van der Waals surface area contributed by atoms with Crippen LogP contribution in [-0.2, 0) is 6.54 Å². The van der Waals surface area contributed by atoms with Crippen molar-refractivity contribution in [3.05, 3.63) is 72.3 Å². The first-order valence-electron chi connectivity index (χ1n) is 6.41. The van der Waals surface area contributed by atoms with E-state index in [0.29, 0.717) is 6.61 Å². The molecule has 2 rings (SSSR count). The van der Waals surface area contributed by atoms with Gasteiger partial charge in [-0.1, -0.05) is 36.9 Å². The van der Waals surface area contributed by atoms with E-state index in [0.717, 1.165) is 18.0 Å². The van der Waals surface area contributed by atoms with Gasteiger partial charge in [-0.25, -0.2) is 0 Å². The van der Waals surface area contributed by atoms with E-state index >= 15 is 0 Å². The summed E-state index contributed by atoms with van der Waals surface area (Å²) in [7, 11) is 0. The number of rotatable bonds is 6. The van der Waals surface area contributed by atoms with E-state index in [1.807, 2.05) is 18.2 Å². The van der Waals surface area contributed by atoms with Crippen molar-refractivity contribution in [3.63, 3.8) is 0 Å². The molecule has 2 nitrogen and oxygen atoms in total. The number of hydrogen-bond donors (Lipinski definition) is 1. The lowest BCUT2D eigenvalue weighted by molar-refractivity contribution is 0.363. The van der Waals surface area contributed by atoms with Gasteiger partial charge < -0.3 is 10.1 Å². The highest BCUT2D eigenvalue weighted by molar-refractivity contribution is 5.46. The molecule has 0 saturated carbocycles. The smallest absolute Gasteiger partial charge is 0.120 e. The van der Waals surface area contributed by atoms with Crippen molar-refractivity contribution >= 4 is 5.69 Å². The van der Waals surface area contributed by atoms with Crippen molar-refractivity contribution in [1.29, 1.82) is 0 Å². The molecule has 2 heteroatoms. The first kappa shape index (κ1) is 13.2. The van der Waals surface area contributed by atoms with Gasteiger partial charge in [-0.15, -0.1) is 0 Å². The van der Waals surface area contributed by atoms with Crippen LogP contribution in [0.5, 0.6) is 5.75 Å². The number of nitrogens with one attached hydrogen (secondary N) is 1. The van der Waals surface area contributed by atoms with Crippen molar-refractivity contribution in [2.75, 3.05) is 11.9 Å². The maximum absolute atomic E-state index is 5.52. The standard InChI is InChI=1S/C17H19NO/c1-3-10-19-17-9-5-7-15(12-17)13-18-16-8-4-6-14(2)11-16/h3-9,11-12,18H,1,10,13H2,2H3. The first-order valence-corrected chi connectivity index (χ1v) is 6.41. The van der Waals surface area contributed by atoms with Crippen LogP contribution in [0.1, 0.15) is 11.1 Å². The Morgan fingerprint density at radius 1 is 1.16 bits per heavy atom. The van der Waals surface area contributed by atoms with Crippen LogP contribution in [0.2, 0.25) is 0 Å². The van der Waals surface area contributed by atoms with Gasteiger partial charge in [-0.3, -0.25) is 0 Å². The van der Waals surface area contributed by atoms with Crippen LogP contribution in [0.15, 0.2) is 61.2 Å². The van der Waals surface area contributed by atoms with Crippen molar-refractivity contribution in [3.8, 4) is 5.75 Å². The lowest BCUT2D eigenvalue weighted by Gasteiger charge is -2.09. The Kier molecular flexibility index (Phi) is 4.62. The number of anilines is 1. The monoisotopic (exact) mass is 253 g/mol. The van der Waals surface area contributed by atoms with Crippen molar-refractivity contribution < 1.29 is 4.74 Å². The Morgan fingerprint density at radius 3 is 2.79 bits per heavy atom. The summed E-state index contributed by atoms with van der Waals surface area (Å²) in [6.07, 6.45) is 1.75. The second-order valence-electron chi connectivity index (χ2n) is 4.47. The summed E-state index contributed by atoms with van der Waals surface area (Å²) in [5, 5.41) is 3.41. The van der Waals surface area contributed by atoms with E-state index in [1.54, 1.807) is 6.08 Å². The lowest BCUT2D eigenvalue weighted by Crippen LogP contribution is -2.00. The fourth-order valence-electron chi connectivity index (χ4n) is 1.86. The topological polar surface area (TPSA) is 21.3 Å². The number of aryl methyl sites for hydroxylation is 1. The third kappa shape index (κ3) is 4.18. The summed E-state index contributed by atoms with van der Waals surface area (Å²) < 4.78 is 5.52. The zero-order valence-electron chi connectivity index (χ0n) is 11.2. The maximum Gasteiger partial charge on any atom is 0.120 e. The summed E-state index contributed by atoms with van der Waals surface area (Å²) in [5.74, 6) is 0.878. The second-order valence-corrected chi connectivity index (χ2v) is 4.47. The van der Waals surface area contributed by atoms with E-state index in [9.17, 15) is 0 Å². The molecule has 0 aliphatic heterocycles. The molecule has 0 heterocycles. The van der Waals surface area contributed by atoms with E-state index in [1.165, 1.54) is 11.1 Å². The Balaban J connectivity index is 1.97. The summed E-state index contributed by atoms with van der Waals surface area (Å²) in [6.45, 7) is 7.06. The first-order chi connectivity index (χ1) is 9.28. The predicted octanol–water partition coefficient (Wildman–Crippen LogP) is 4.17. The van der Waals surface area contributed by atoms with Gasteiger partial charge in [0.25, 0.3) is 0 Å². The lowest BCUT2D eigenvalue weighted by atomic mass is 10.2. The Morgan fingerprint density at radius 2 is 2.00 bits per heavy atom. The van der Waals surface area contributed by atoms with Crippen LogP contribution >= 0.6 is 0 Å². The third-order valence-corrected chi connectivity index (χ3v) is 2.78. The summed E-state index contributed by atoms with van der Waals surface area (Å²) in [4.78, 5) is 0. The molecule has 0 fully saturated rings. The summed E-state index contributed by atoms with van der Waals surface area (Å²) >= 11 is 0. The minimum Gasteiger partial charge on any atom is -0.490 e. The van der Waals surface area contributed by atoms with Crippen LogP contribution in [0, 0.1) is 6.92 Å². The van der Waals surface area contributed by atoms with E-state index in [-0.39, 0.29) is 0 Å². The Hall–Kier alpha value is -2.22. The molecule has 0 radical (unpaired) electrons.